The highest BCUT2D eigenvalue weighted by molar-refractivity contribution is 6.30. The van der Waals surface area contributed by atoms with Crippen LogP contribution in [0.4, 0.5) is 0 Å². The molecular formula is C21H23ClNO4+. The first kappa shape index (κ1) is 19.3. The third-order valence-electron chi connectivity index (χ3n) is 4.25. The van der Waals surface area contributed by atoms with Gasteiger partial charge in [-0.05, 0) is 37.3 Å². The van der Waals surface area contributed by atoms with Crippen molar-refractivity contribution in [2.75, 3.05) is 26.8 Å². The van der Waals surface area contributed by atoms with E-state index < -0.39 is 5.97 Å². The van der Waals surface area contributed by atoms with Crippen molar-refractivity contribution in [3.05, 3.63) is 64.9 Å². The highest BCUT2D eigenvalue weighted by Crippen LogP contribution is 2.26. The zero-order chi connectivity index (χ0) is 19.2. The van der Waals surface area contributed by atoms with Crippen LogP contribution in [0.1, 0.15) is 23.0 Å². The molecule has 0 aliphatic rings. The molecule has 0 amide bonds. The maximum atomic E-state index is 12.3. The van der Waals surface area contributed by atoms with Gasteiger partial charge in [0.2, 0.25) is 5.76 Å². The molecule has 6 heteroatoms. The van der Waals surface area contributed by atoms with Crippen LogP contribution in [-0.4, -0.2) is 32.8 Å². The predicted molar refractivity (Wildman–Crippen MR) is 105 cm³/mol. The van der Waals surface area contributed by atoms with Gasteiger partial charge in [-0.15, -0.1) is 0 Å². The molecule has 0 aliphatic carbocycles. The van der Waals surface area contributed by atoms with Gasteiger partial charge in [0.25, 0.3) is 0 Å². The lowest BCUT2D eigenvalue weighted by atomic mass is 10.1. The lowest BCUT2D eigenvalue weighted by molar-refractivity contribution is -0.893. The summed E-state index contributed by atoms with van der Waals surface area (Å²) in [6.45, 7) is 4.05. The maximum Gasteiger partial charge on any atom is 0.374 e. The van der Waals surface area contributed by atoms with Gasteiger partial charge in [0.05, 0.1) is 19.2 Å². The molecule has 27 heavy (non-hydrogen) atoms. The average Bonchev–Trinajstić information content (AvgIpc) is 3.02. The summed E-state index contributed by atoms with van der Waals surface area (Å²) in [4.78, 5) is 13.5. The fraction of sp³-hybridized carbons (Fsp3) is 0.286. The monoisotopic (exact) mass is 388 g/mol. The highest BCUT2D eigenvalue weighted by Gasteiger charge is 2.24. The van der Waals surface area contributed by atoms with Crippen LogP contribution >= 0.6 is 11.6 Å². The SMILES string of the molecule is CCOC(=O)c1oc2ccccc2c1C[NH+](C)CCOc1ccc(Cl)cc1. The number of hydrogen-bond acceptors (Lipinski definition) is 4. The van der Waals surface area contributed by atoms with Crippen LogP contribution in [0.2, 0.25) is 5.02 Å². The first-order valence-corrected chi connectivity index (χ1v) is 9.33. The number of quaternary nitrogens is 1. The fourth-order valence-electron chi connectivity index (χ4n) is 2.90. The minimum Gasteiger partial charge on any atom is -0.488 e. The van der Waals surface area contributed by atoms with Crippen LogP contribution in [0.3, 0.4) is 0 Å². The molecule has 5 nitrogen and oxygen atoms in total. The minimum absolute atomic E-state index is 0.288. The molecule has 1 unspecified atom stereocenters. The molecule has 1 aromatic heterocycles. The number of hydrogen-bond donors (Lipinski definition) is 1. The normalized spacial score (nSPS) is 12.1. The van der Waals surface area contributed by atoms with Gasteiger partial charge in [0.1, 0.15) is 31.0 Å². The zero-order valence-corrected chi connectivity index (χ0v) is 16.2. The Morgan fingerprint density at radius 2 is 1.89 bits per heavy atom. The quantitative estimate of drug-likeness (QED) is 0.601. The van der Waals surface area contributed by atoms with Gasteiger partial charge < -0.3 is 18.8 Å². The molecule has 1 heterocycles. The second kappa shape index (κ2) is 8.93. The number of fused-ring (bicyclic) bond motifs is 1. The van der Waals surface area contributed by atoms with Crippen LogP contribution in [0.25, 0.3) is 11.0 Å². The number of carbonyl (C=O) groups excluding carboxylic acids is 1. The van der Waals surface area contributed by atoms with Crippen molar-refractivity contribution >= 4 is 28.5 Å². The van der Waals surface area contributed by atoms with Gasteiger partial charge in [-0.3, -0.25) is 0 Å². The average molecular weight is 389 g/mol. The number of furan rings is 1. The van der Waals surface area contributed by atoms with Crippen molar-refractivity contribution in [3.8, 4) is 5.75 Å². The van der Waals surface area contributed by atoms with Crippen molar-refractivity contribution in [1.29, 1.82) is 0 Å². The topological polar surface area (TPSA) is 53.1 Å². The summed E-state index contributed by atoms with van der Waals surface area (Å²) in [6.07, 6.45) is 0. The third-order valence-corrected chi connectivity index (χ3v) is 4.50. The van der Waals surface area contributed by atoms with E-state index in [2.05, 4.69) is 7.05 Å². The lowest BCUT2D eigenvalue weighted by Gasteiger charge is -2.15. The van der Waals surface area contributed by atoms with Crippen LogP contribution < -0.4 is 9.64 Å². The van der Waals surface area contributed by atoms with Crippen LogP contribution in [0.5, 0.6) is 5.75 Å². The molecule has 142 valence electrons. The fourth-order valence-corrected chi connectivity index (χ4v) is 3.03. The van der Waals surface area contributed by atoms with E-state index in [0.717, 1.165) is 23.2 Å². The summed E-state index contributed by atoms with van der Waals surface area (Å²) in [5.41, 5.74) is 1.56. The molecule has 0 fully saturated rings. The Bertz CT molecular complexity index is 904. The summed E-state index contributed by atoms with van der Waals surface area (Å²) in [5.74, 6) is 0.651. The number of carbonyl (C=O) groups is 1. The molecule has 0 bridgehead atoms. The summed E-state index contributed by atoms with van der Waals surface area (Å²) >= 11 is 5.88. The molecule has 2 aromatic carbocycles. The summed E-state index contributed by atoms with van der Waals surface area (Å²) in [6, 6.07) is 15.0. The Balaban J connectivity index is 1.68. The first-order chi connectivity index (χ1) is 13.1. The van der Waals surface area contributed by atoms with Crippen molar-refractivity contribution in [3.63, 3.8) is 0 Å². The summed E-state index contributed by atoms with van der Waals surface area (Å²) in [7, 11) is 2.06. The summed E-state index contributed by atoms with van der Waals surface area (Å²) < 4.78 is 16.7. The largest absolute Gasteiger partial charge is 0.488 e. The Labute approximate surface area is 163 Å². The van der Waals surface area contributed by atoms with E-state index in [4.69, 9.17) is 25.5 Å². The second-order valence-electron chi connectivity index (χ2n) is 6.31. The predicted octanol–water partition coefficient (Wildman–Crippen LogP) is 3.36. The Morgan fingerprint density at radius 3 is 2.63 bits per heavy atom. The van der Waals surface area contributed by atoms with Gasteiger partial charge in [0, 0.05) is 10.4 Å². The molecule has 1 atom stereocenters. The number of benzene rings is 2. The van der Waals surface area contributed by atoms with Crippen molar-refractivity contribution in [2.24, 2.45) is 0 Å². The molecule has 0 aliphatic heterocycles. The van der Waals surface area contributed by atoms with Crippen molar-refractivity contribution in [1.82, 2.24) is 0 Å². The van der Waals surface area contributed by atoms with E-state index >= 15 is 0 Å². The molecule has 3 rings (SSSR count). The lowest BCUT2D eigenvalue weighted by Crippen LogP contribution is -3.08. The Hall–Kier alpha value is -2.50. The van der Waals surface area contributed by atoms with Gasteiger partial charge in [-0.25, -0.2) is 4.79 Å². The van der Waals surface area contributed by atoms with Crippen LogP contribution in [0.15, 0.2) is 52.9 Å². The van der Waals surface area contributed by atoms with E-state index in [9.17, 15) is 4.79 Å². The Morgan fingerprint density at radius 1 is 1.15 bits per heavy atom. The number of nitrogens with one attached hydrogen (secondary N) is 1. The van der Waals surface area contributed by atoms with E-state index in [1.54, 1.807) is 19.1 Å². The third kappa shape index (κ3) is 4.81. The van der Waals surface area contributed by atoms with E-state index in [0.29, 0.717) is 30.4 Å². The highest BCUT2D eigenvalue weighted by atomic mass is 35.5. The molecule has 0 saturated heterocycles. The molecule has 0 spiro atoms. The maximum absolute atomic E-state index is 12.3. The van der Waals surface area contributed by atoms with Crippen LogP contribution in [-0.2, 0) is 11.3 Å². The number of para-hydroxylation sites is 1. The molecular weight excluding hydrogens is 366 g/mol. The van der Waals surface area contributed by atoms with Gasteiger partial charge >= 0.3 is 5.97 Å². The molecule has 0 radical (unpaired) electrons. The molecule has 0 saturated carbocycles. The van der Waals surface area contributed by atoms with Crippen molar-refractivity contribution in [2.45, 2.75) is 13.5 Å². The van der Waals surface area contributed by atoms with E-state index in [1.165, 1.54) is 4.90 Å². The minimum atomic E-state index is -0.422. The Kier molecular flexibility index (Phi) is 6.37. The number of halogens is 1. The van der Waals surface area contributed by atoms with Gasteiger partial charge in [-0.1, -0.05) is 29.8 Å². The first-order valence-electron chi connectivity index (χ1n) is 8.95. The number of ether oxygens (including phenoxy) is 2. The van der Waals surface area contributed by atoms with E-state index in [-0.39, 0.29) is 5.76 Å². The standard InChI is InChI=1S/C21H22ClNO4/c1-3-25-21(24)20-18(17-6-4-5-7-19(17)27-20)14-23(2)12-13-26-16-10-8-15(22)9-11-16/h4-11H,3,12-14H2,1-2H3/p+1. The molecule has 3 aromatic rings. The second-order valence-corrected chi connectivity index (χ2v) is 6.75. The van der Waals surface area contributed by atoms with Gasteiger partial charge in [-0.2, -0.15) is 0 Å². The number of likely N-dealkylation sites (N-methyl/N-ethyl adjacent to an activating group) is 1. The summed E-state index contributed by atoms with van der Waals surface area (Å²) in [5, 5.41) is 1.63. The smallest absolute Gasteiger partial charge is 0.374 e. The number of rotatable bonds is 8. The molecule has 1 N–H and O–H groups in total. The van der Waals surface area contributed by atoms with E-state index in [1.807, 2.05) is 36.4 Å². The van der Waals surface area contributed by atoms with Gasteiger partial charge in [0.15, 0.2) is 0 Å². The zero-order valence-electron chi connectivity index (χ0n) is 15.5. The van der Waals surface area contributed by atoms with Crippen molar-refractivity contribution < 1.29 is 23.6 Å². The van der Waals surface area contributed by atoms with Crippen LogP contribution in [0, 0.1) is 0 Å². The number of esters is 1.